The lowest BCUT2D eigenvalue weighted by Crippen LogP contribution is -2.73. The second-order valence-electron chi connectivity index (χ2n) is 15.6. The van der Waals surface area contributed by atoms with Crippen LogP contribution in [0.1, 0.15) is 75.4 Å². The summed E-state index contributed by atoms with van der Waals surface area (Å²) in [5.41, 5.74) is -8.10. The van der Waals surface area contributed by atoms with Crippen molar-refractivity contribution in [3.63, 3.8) is 0 Å². The second kappa shape index (κ2) is 15.1. The summed E-state index contributed by atoms with van der Waals surface area (Å²) in [7, 11) is 2.28. The molecule has 4 aromatic rings. The first-order valence-electron chi connectivity index (χ1n) is 19.4. The third-order valence-corrected chi connectivity index (χ3v) is 12.4. The van der Waals surface area contributed by atoms with Gasteiger partial charge in [0.25, 0.3) is 5.91 Å². The number of nitrogens with one attached hydrogen (secondary N) is 2. The number of hydrogen-bond acceptors (Lipinski definition) is 15. The van der Waals surface area contributed by atoms with Gasteiger partial charge < -0.3 is 55.5 Å². The fraction of sp³-hybridized carbons (Fsp3) is 0.311. The third-order valence-electron chi connectivity index (χ3n) is 12.4. The molecule has 0 radical (unpaired) electrons. The number of Topliss-reactive ketones (excluding diaryl/α,β-unsaturated/α-hetero) is 3. The largest absolute Gasteiger partial charge is 0.507 e. The monoisotopic (exact) mass is 834 g/mol. The molecule has 8 atom stereocenters. The van der Waals surface area contributed by atoms with E-state index in [-0.39, 0.29) is 16.7 Å². The van der Waals surface area contributed by atoms with Gasteiger partial charge in [-0.05, 0) is 54.3 Å². The minimum atomic E-state index is -3.28. The Morgan fingerprint density at radius 3 is 2.21 bits per heavy atom. The number of ether oxygens (including phenoxy) is 3. The van der Waals surface area contributed by atoms with Gasteiger partial charge >= 0.3 is 0 Å². The van der Waals surface area contributed by atoms with E-state index >= 15 is 0 Å². The Bertz CT molecular complexity index is 2570. The number of hydrogen-bond donors (Lipinski definition) is 8. The Morgan fingerprint density at radius 1 is 0.902 bits per heavy atom. The summed E-state index contributed by atoms with van der Waals surface area (Å²) in [6.07, 6.45) is -5.70. The number of phenolic OH excluding ortho intramolecular Hbond substituents is 2. The molecule has 4 aliphatic rings. The summed E-state index contributed by atoms with van der Waals surface area (Å²) in [6, 6.07) is 18.6. The van der Waals surface area contributed by atoms with Crippen molar-refractivity contribution in [3.05, 3.63) is 123 Å². The molecule has 0 saturated carbocycles. The molecule has 0 aromatic heterocycles. The number of allylic oxidation sites excluding steroid dienone is 2. The van der Waals surface area contributed by atoms with Crippen molar-refractivity contribution >= 4 is 34.7 Å². The number of amides is 1. The molecular formula is C45H42N2O14. The maximum Gasteiger partial charge on any atom is 0.259 e. The van der Waals surface area contributed by atoms with E-state index in [9.17, 15) is 54.6 Å². The number of carbonyl (C=O) groups excluding carboxylic acids is 5. The standard InChI is InChI=1S/C45H42N2O14/c1-19-14-23-15-30(50)45(60-4)41(56)33-26(16-25-32(37(33)53)29(49)17-28(35(25)51)47-43-27(18-48)36(52)39(59-3)20(2)61-43)40(55)44(45,58)34(23)38(54)31(19)42(57)46-24-12-10-22(11-13-24)21-8-6-5-7-9-21/h5-14,16-17,20,27,30,36,39,43,47-48,50,52-54,58H,15,18H2,1-4H3,(H,46,57)/t20-,27+,30+,36-,39-,43?,44-,45+/m0/s1. The van der Waals surface area contributed by atoms with Crippen LogP contribution in [-0.2, 0) is 26.2 Å². The highest BCUT2D eigenvalue weighted by atomic mass is 16.6. The van der Waals surface area contributed by atoms with E-state index in [0.29, 0.717) is 5.69 Å². The third kappa shape index (κ3) is 5.97. The number of methoxy groups -OCH3 is 2. The lowest BCUT2D eigenvalue weighted by molar-refractivity contribution is -0.214. The zero-order chi connectivity index (χ0) is 43.9. The van der Waals surface area contributed by atoms with Crippen LogP contribution in [0, 0.1) is 12.8 Å². The zero-order valence-electron chi connectivity index (χ0n) is 33.3. The van der Waals surface area contributed by atoms with Gasteiger partial charge in [-0.3, -0.25) is 24.0 Å². The highest BCUT2D eigenvalue weighted by molar-refractivity contribution is 6.31. The van der Waals surface area contributed by atoms with Gasteiger partial charge in [0.1, 0.15) is 23.8 Å². The first kappa shape index (κ1) is 41.6. The number of aliphatic hydroxyl groups is 4. The first-order chi connectivity index (χ1) is 29.0. The lowest BCUT2D eigenvalue weighted by atomic mass is 9.56. The van der Waals surface area contributed by atoms with E-state index in [1.54, 1.807) is 31.2 Å². The van der Waals surface area contributed by atoms with Crippen molar-refractivity contribution in [1.82, 2.24) is 5.32 Å². The molecule has 4 aromatic carbocycles. The zero-order valence-corrected chi connectivity index (χ0v) is 33.3. The van der Waals surface area contributed by atoms with Gasteiger partial charge in [-0.15, -0.1) is 0 Å². The van der Waals surface area contributed by atoms with Crippen molar-refractivity contribution in [1.29, 1.82) is 0 Å². The smallest absolute Gasteiger partial charge is 0.259 e. The second-order valence-corrected chi connectivity index (χ2v) is 15.6. The molecule has 8 rings (SSSR count). The molecule has 316 valence electrons. The van der Waals surface area contributed by atoms with E-state index in [4.69, 9.17) is 14.2 Å². The summed E-state index contributed by atoms with van der Waals surface area (Å²) in [5, 5.41) is 74.5. The lowest BCUT2D eigenvalue weighted by Gasteiger charge is -2.53. The number of carbonyl (C=O) groups is 5. The first-order valence-corrected chi connectivity index (χ1v) is 19.4. The number of anilines is 1. The quantitative estimate of drug-likeness (QED) is 0.127. The van der Waals surface area contributed by atoms with Gasteiger partial charge in [-0.25, -0.2) is 0 Å². The van der Waals surface area contributed by atoms with Crippen molar-refractivity contribution in [2.75, 3.05) is 26.1 Å². The summed E-state index contributed by atoms with van der Waals surface area (Å²) >= 11 is 0. The number of aromatic hydroxyl groups is 2. The van der Waals surface area contributed by atoms with Crippen LogP contribution >= 0.6 is 0 Å². The Morgan fingerprint density at radius 2 is 1.57 bits per heavy atom. The molecule has 16 nitrogen and oxygen atoms in total. The predicted octanol–water partition coefficient (Wildman–Crippen LogP) is 2.48. The highest BCUT2D eigenvalue weighted by Gasteiger charge is 2.72. The van der Waals surface area contributed by atoms with Crippen molar-refractivity contribution in [3.8, 4) is 22.6 Å². The molecule has 1 amide bonds. The molecule has 1 heterocycles. The van der Waals surface area contributed by atoms with E-state index in [1.807, 2.05) is 30.3 Å². The minimum Gasteiger partial charge on any atom is -0.507 e. The van der Waals surface area contributed by atoms with E-state index in [2.05, 4.69) is 10.6 Å². The molecule has 1 unspecified atom stereocenters. The number of fused-ring (bicyclic) bond motifs is 5. The molecule has 1 fully saturated rings. The van der Waals surface area contributed by atoms with Crippen LogP contribution in [0.2, 0.25) is 0 Å². The van der Waals surface area contributed by atoms with Crippen LogP contribution in [-0.4, -0.2) is 117 Å². The molecule has 8 N–H and O–H groups in total. The van der Waals surface area contributed by atoms with E-state index in [0.717, 1.165) is 30.4 Å². The Labute approximate surface area is 348 Å². The predicted molar refractivity (Wildman–Crippen MR) is 214 cm³/mol. The topological polar surface area (TPSA) is 258 Å². The molecule has 16 heteroatoms. The van der Waals surface area contributed by atoms with Gasteiger partial charge in [0.05, 0.1) is 53.2 Å². The summed E-state index contributed by atoms with van der Waals surface area (Å²) in [5.74, 6) is -8.60. The molecule has 3 aliphatic carbocycles. The number of aryl methyl sites for hydroxylation is 1. The normalized spacial score (nSPS) is 28.0. The number of rotatable bonds is 8. The van der Waals surface area contributed by atoms with Crippen LogP contribution in [0.3, 0.4) is 0 Å². The number of ketones is 4. The van der Waals surface area contributed by atoms with Crippen LogP contribution in [0.5, 0.6) is 11.5 Å². The van der Waals surface area contributed by atoms with Gasteiger partial charge in [-0.2, -0.15) is 0 Å². The van der Waals surface area contributed by atoms with Crippen molar-refractivity contribution in [2.45, 2.75) is 62.1 Å². The van der Waals surface area contributed by atoms with Crippen LogP contribution in [0.15, 0.2) is 78.5 Å². The summed E-state index contributed by atoms with van der Waals surface area (Å²) in [4.78, 5) is 71.4. The maximum atomic E-state index is 15.0. The summed E-state index contributed by atoms with van der Waals surface area (Å²) in [6.45, 7) is 2.47. The van der Waals surface area contributed by atoms with Crippen molar-refractivity contribution in [2.24, 2.45) is 5.92 Å². The minimum absolute atomic E-state index is 0.00746. The average molecular weight is 835 g/mol. The SMILES string of the molecule is CO[C@@H]1[C@@H](O)[C@@H](CO)C(NC2=CC(=O)c3c(cc4c(c3O)C(=O)[C@]3(OC)[C@H](O)Cc5cc(C)c(C(=O)Nc6ccc(-c7ccccc7)cc6)c(O)c5[C@]3(O)C4=O)C2=O)O[C@H]1C. The number of phenols is 2. The Balaban J connectivity index is 1.20. The van der Waals surface area contributed by atoms with E-state index < -0.39 is 135 Å². The maximum absolute atomic E-state index is 15.0. The van der Waals surface area contributed by atoms with Gasteiger partial charge in [0, 0.05) is 49.1 Å². The van der Waals surface area contributed by atoms with Crippen molar-refractivity contribution < 1.29 is 68.8 Å². The molecular weight excluding hydrogens is 792 g/mol. The fourth-order valence-corrected chi connectivity index (χ4v) is 9.39. The van der Waals surface area contributed by atoms with E-state index in [1.165, 1.54) is 20.1 Å². The van der Waals surface area contributed by atoms with Crippen LogP contribution in [0.25, 0.3) is 11.1 Å². The number of benzene rings is 4. The Hall–Kier alpha value is -6.11. The van der Waals surface area contributed by atoms with Crippen LogP contribution < -0.4 is 10.6 Å². The van der Waals surface area contributed by atoms with Crippen LogP contribution in [0.4, 0.5) is 5.69 Å². The molecule has 61 heavy (non-hydrogen) atoms. The Kier molecular flexibility index (Phi) is 10.3. The molecule has 0 bridgehead atoms. The molecule has 1 aliphatic heterocycles. The van der Waals surface area contributed by atoms with Gasteiger partial charge in [0.15, 0.2) is 17.0 Å². The van der Waals surface area contributed by atoms with Gasteiger partial charge in [-0.1, -0.05) is 48.5 Å². The molecule has 1 saturated heterocycles. The fourth-order valence-electron chi connectivity index (χ4n) is 9.39. The van der Waals surface area contributed by atoms with Gasteiger partial charge in [0.2, 0.25) is 17.3 Å². The average Bonchev–Trinajstić information content (AvgIpc) is 3.22. The summed E-state index contributed by atoms with van der Waals surface area (Å²) < 4.78 is 16.8. The molecule has 0 spiro atoms. The highest BCUT2D eigenvalue weighted by Crippen LogP contribution is 2.56. The number of aliphatic hydroxyl groups excluding tert-OH is 3.